The van der Waals surface area contributed by atoms with E-state index in [0.717, 1.165) is 17.4 Å². The Bertz CT molecular complexity index is 1600. The van der Waals surface area contributed by atoms with Gasteiger partial charge in [-0.1, -0.05) is 136 Å². The van der Waals surface area contributed by atoms with Crippen LogP contribution in [0, 0.1) is 5.41 Å². The molecule has 1 fully saturated rings. The van der Waals surface area contributed by atoms with Crippen LogP contribution in [-0.4, -0.2) is 38.1 Å². The monoisotopic (exact) mass is 671 g/mol. The summed E-state index contributed by atoms with van der Waals surface area (Å²) >= 11 is 12.9. The molecule has 46 heavy (non-hydrogen) atoms. The van der Waals surface area contributed by atoms with E-state index in [1.807, 2.05) is 65.6 Å². The molecule has 0 aliphatic carbocycles. The van der Waals surface area contributed by atoms with Crippen LogP contribution in [0.5, 0.6) is 0 Å². The van der Waals surface area contributed by atoms with E-state index in [4.69, 9.17) is 27.6 Å². The first-order chi connectivity index (χ1) is 21.9. The molecule has 0 bridgehead atoms. The van der Waals surface area contributed by atoms with E-state index in [1.54, 1.807) is 6.92 Å². The van der Waals surface area contributed by atoms with Crippen molar-refractivity contribution in [3.8, 4) is 0 Å². The number of nitrogens with zero attached hydrogens (tertiary/aromatic N) is 1. The van der Waals surface area contributed by atoms with E-state index in [9.17, 15) is 9.59 Å². The summed E-state index contributed by atoms with van der Waals surface area (Å²) in [5.74, 6) is -0.367. The minimum Gasteiger partial charge on any atom is -0.405 e. The predicted octanol–water partition coefficient (Wildman–Crippen LogP) is 8.61. The van der Waals surface area contributed by atoms with Crippen LogP contribution >= 0.6 is 23.2 Å². The largest absolute Gasteiger partial charge is 0.405 e. The van der Waals surface area contributed by atoms with Crippen LogP contribution in [0.25, 0.3) is 0 Å². The molecule has 1 aliphatic heterocycles. The number of carbonyl (C=O) groups excluding carboxylic acids is 2. The van der Waals surface area contributed by atoms with Crippen LogP contribution < -0.4 is 10.4 Å². The minimum absolute atomic E-state index is 0.182. The van der Waals surface area contributed by atoms with Crippen molar-refractivity contribution in [1.29, 1.82) is 0 Å². The molecule has 1 amide bonds. The van der Waals surface area contributed by atoms with Gasteiger partial charge in [0.2, 0.25) is 5.91 Å². The molecule has 1 aliphatic rings. The quantitative estimate of drug-likeness (QED) is 0.0963. The normalized spacial score (nSPS) is 21.2. The maximum absolute atomic E-state index is 14.6. The third-order valence-corrected chi connectivity index (χ3v) is 15.1. The van der Waals surface area contributed by atoms with E-state index in [1.165, 1.54) is 10.4 Å². The smallest absolute Gasteiger partial charge is 0.261 e. The lowest BCUT2D eigenvalue weighted by molar-refractivity contribution is -0.157. The molecule has 0 spiro atoms. The Hall–Kier alpha value is -3.22. The number of hydrogen-bond acceptors (Lipinski definition) is 3. The highest BCUT2D eigenvalue weighted by molar-refractivity contribution is 6.99. The average Bonchev–Trinajstić information content (AvgIpc) is 3.05. The Morgan fingerprint density at radius 2 is 1.46 bits per heavy atom. The van der Waals surface area contributed by atoms with Crippen molar-refractivity contribution in [3.05, 3.63) is 130 Å². The summed E-state index contributed by atoms with van der Waals surface area (Å²) in [7, 11) is -2.90. The summed E-state index contributed by atoms with van der Waals surface area (Å²) < 4.78 is 7.40. The van der Waals surface area contributed by atoms with E-state index in [0.29, 0.717) is 29.5 Å². The number of piperidine rings is 1. The molecule has 1 heterocycles. The number of amides is 1. The summed E-state index contributed by atoms with van der Waals surface area (Å²) in [6, 6.07) is 35.9. The van der Waals surface area contributed by atoms with Gasteiger partial charge in [0.05, 0.1) is 18.7 Å². The van der Waals surface area contributed by atoms with Gasteiger partial charge in [-0.15, -0.1) is 0 Å². The standard InChI is InChI=1S/C39H43Cl2NO3Si/c1-6-32(26-45-46(38(2,3)4,33-16-9-7-10-17-33)34-18-11-8-12-19-34)42-36(28-20-22-30(40)23-21-28)35(25-39(5,27-43)37(42)44)29-14-13-15-31(41)24-29/h7-24,27,32,35-36H,6,25-26H2,1-5H3/t32?,35-,36-,39-/m1/s1. The maximum Gasteiger partial charge on any atom is 0.261 e. The highest BCUT2D eigenvalue weighted by Gasteiger charge is 2.54. The first-order valence-corrected chi connectivity index (χ1v) is 18.7. The Balaban J connectivity index is 1.66. The topological polar surface area (TPSA) is 46.6 Å². The third kappa shape index (κ3) is 6.48. The molecule has 4 atom stereocenters. The Labute approximate surface area is 284 Å². The van der Waals surface area contributed by atoms with Gasteiger partial charge in [0.1, 0.15) is 11.7 Å². The zero-order valence-corrected chi connectivity index (χ0v) is 29.8. The van der Waals surface area contributed by atoms with Gasteiger partial charge in [-0.05, 0) is 70.6 Å². The zero-order chi connectivity index (χ0) is 33.1. The Kier molecular flexibility index (Phi) is 10.3. The van der Waals surface area contributed by atoms with Gasteiger partial charge < -0.3 is 14.1 Å². The lowest BCUT2D eigenvalue weighted by Gasteiger charge is -2.51. The van der Waals surface area contributed by atoms with Crippen molar-refractivity contribution in [2.45, 2.75) is 70.5 Å². The average molecular weight is 673 g/mol. The zero-order valence-electron chi connectivity index (χ0n) is 27.3. The second-order valence-electron chi connectivity index (χ2n) is 13.6. The van der Waals surface area contributed by atoms with E-state index < -0.39 is 13.7 Å². The highest BCUT2D eigenvalue weighted by Crippen LogP contribution is 2.50. The maximum atomic E-state index is 14.6. The molecule has 4 nitrogen and oxygen atoms in total. The number of hydrogen-bond donors (Lipinski definition) is 0. The molecule has 240 valence electrons. The van der Waals surface area contributed by atoms with Crippen LogP contribution in [0.1, 0.15) is 70.5 Å². The minimum atomic E-state index is -2.90. The molecule has 5 rings (SSSR count). The van der Waals surface area contributed by atoms with Crippen LogP contribution in [0.3, 0.4) is 0 Å². The molecule has 4 aromatic rings. The van der Waals surface area contributed by atoms with Gasteiger partial charge in [-0.2, -0.15) is 0 Å². The summed E-state index contributed by atoms with van der Waals surface area (Å²) in [5, 5.41) is 3.37. The number of likely N-dealkylation sites (tertiary alicyclic amines) is 1. The van der Waals surface area contributed by atoms with Crippen LogP contribution in [0.15, 0.2) is 109 Å². The molecule has 0 radical (unpaired) electrons. The van der Waals surface area contributed by atoms with E-state index in [2.05, 4.69) is 76.2 Å². The number of aldehydes is 1. The summed E-state index contributed by atoms with van der Waals surface area (Å²) in [4.78, 5) is 29.4. The molecule has 0 aromatic heterocycles. The van der Waals surface area contributed by atoms with Gasteiger partial charge >= 0.3 is 0 Å². The van der Waals surface area contributed by atoms with Gasteiger partial charge in [0.15, 0.2) is 0 Å². The first kappa shape index (κ1) is 34.1. The lowest BCUT2D eigenvalue weighted by Crippen LogP contribution is -2.68. The van der Waals surface area contributed by atoms with Gasteiger partial charge in [0.25, 0.3) is 8.32 Å². The molecule has 1 saturated heterocycles. The van der Waals surface area contributed by atoms with Crippen molar-refractivity contribution < 1.29 is 14.0 Å². The first-order valence-electron chi connectivity index (χ1n) is 16.0. The summed E-state index contributed by atoms with van der Waals surface area (Å²) in [6.07, 6.45) is 1.84. The Morgan fingerprint density at radius 1 is 0.870 bits per heavy atom. The highest BCUT2D eigenvalue weighted by atomic mass is 35.5. The Morgan fingerprint density at radius 3 is 1.96 bits per heavy atom. The molecule has 4 aromatic carbocycles. The predicted molar refractivity (Wildman–Crippen MR) is 192 cm³/mol. The van der Waals surface area contributed by atoms with Crippen LogP contribution in [0.2, 0.25) is 15.1 Å². The molecule has 1 unspecified atom stereocenters. The number of rotatable bonds is 10. The fourth-order valence-corrected chi connectivity index (χ4v) is 12.2. The van der Waals surface area contributed by atoms with E-state index >= 15 is 0 Å². The fraction of sp³-hybridized carbons (Fsp3) is 0.333. The van der Waals surface area contributed by atoms with Gasteiger partial charge in [0, 0.05) is 16.0 Å². The number of halogens is 2. The van der Waals surface area contributed by atoms with Crippen molar-refractivity contribution in [2.24, 2.45) is 5.41 Å². The number of benzene rings is 4. The van der Waals surface area contributed by atoms with Gasteiger partial charge in [-0.25, -0.2) is 0 Å². The van der Waals surface area contributed by atoms with Crippen molar-refractivity contribution in [3.63, 3.8) is 0 Å². The summed E-state index contributed by atoms with van der Waals surface area (Å²) in [5.41, 5.74) is 0.737. The summed E-state index contributed by atoms with van der Waals surface area (Å²) in [6.45, 7) is 10.9. The lowest BCUT2D eigenvalue weighted by atomic mass is 9.69. The van der Waals surface area contributed by atoms with Crippen molar-refractivity contribution >= 4 is 54.1 Å². The molecule has 0 saturated carbocycles. The van der Waals surface area contributed by atoms with Crippen molar-refractivity contribution in [1.82, 2.24) is 4.90 Å². The van der Waals surface area contributed by atoms with Crippen LogP contribution in [0.4, 0.5) is 0 Å². The van der Waals surface area contributed by atoms with Gasteiger partial charge in [-0.3, -0.25) is 4.79 Å². The molecular formula is C39H43Cl2NO3Si. The van der Waals surface area contributed by atoms with E-state index in [-0.39, 0.29) is 28.9 Å². The van der Waals surface area contributed by atoms with Crippen molar-refractivity contribution in [2.75, 3.05) is 6.61 Å². The molecule has 0 N–H and O–H groups in total. The fourth-order valence-electron chi connectivity index (χ4n) is 7.23. The third-order valence-electron chi connectivity index (χ3n) is 9.57. The van der Waals surface area contributed by atoms with Crippen LogP contribution in [-0.2, 0) is 14.0 Å². The molecule has 7 heteroatoms. The second-order valence-corrected chi connectivity index (χ2v) is 18.8. The second kappa shape index (κ2) is 13.9. The molecular weight excluding hydrogens is 629 g/mol. The SMILES string of the molecule is CCC(CO[Si](c1ccccc1)(c1ccccc1)C(C)(C)C)N1C(=O)[C@@](C)(C=O)C[C@H](c2cccc(Cl)c2)[C@H]1c1ccc(Cl)cc1. The number of carbonyl (C=O) groups is 2.